The highest BCUT2D eigenvalue weighted by atomic mass is 32.2. The van der Waals surface area contributed by atoms with Gasteiger partial charge in [-0.25, -0.2) is 13.1 Å². The SMILES string of the molecule is NCC#Cc1ccc(CNS(=O)(=O)CCCOCc2ccccc2)s1. The van der Waals surface area contributed by atoms with Gasteiger partial charge in [-0.3, -0.25) is 0 Å². The number of rotatable bonds is 9. The molecule has 0 fully saturated rings. The van der Waals surface area contributed by atoms with Crippen molar-refractivity contribution in [3.05, 3.63) is 57.8 Å². The van der Waals surface area contributed by atoms with Gasteiger partial charge < -0.3 is 10.5 Å². The highest BCUT2D eigenvalue weighted by Gasteiger charge is 2.10. The Hall–Kier alpha value is -1.69. The van der Waals surface area contributed by atoms with E-state index in [-0.39, 0.29) is 12.3 Å². The fourth-order valence-electron chi connectivity index (χ4n) is 2.05. The van der Waals surface area contributed by atoms with Crippen molar-refractivity contribution < 1.29 is 13.2 Å². The van der Waals surface area contributed by atoms with Crippen LogP contribution in [0.1, 0.15) is 21.7 Å². The third-order valence-electron chi connectivity index (χ3n) is 3.25. The zero-order valence-electron chi connectivity index (χ0n) is 13.9. The predicted octanol–water partition coefficient (Wildman–Crippen LogP) is 2.08. The van der Waals surface area contributed by atoms with Crippen LogP contribution in [0.4, 0.5) is 0 Å². The number of nitrogens with two attached hydrogens (primary N) is 1. The third kappa shape index (κ3) is 7.82. The lowest BCUT2D eigenvalue weighted by molar-refractivity contribution is 0.122. The number of hydrogen-bond acceptors (Lipinski definition) is 5. The molecule has 7 heteroatoms. The van der Waals surface area contributed by atoms with Gasteiger partial charge in [-0.15, -0.1) is 11.3 Å². The Kier molecular flexibility index (Phi) is 8.12. The fraction of sp³-hybridized carbons (Fsp3) is 0.333. The number of nitrogens with one attached hydrogen (secondary N) is 1. The van der Waals surface area contributed by atoms with E-state index in [0.29, 0.717) is 26.2 Å². The van der Waals surface area contributed by atoms with Crippen LogP contribution in [0, 0.1) is 11.8 Å². The molecular weight excluding hydrogens is 356 g/mol. The van der Waals surface area contributed by atoms with Crippen LogP contribution in [0.3, 0.4) is 0 Å². The first-order valence-corrected chi connectivity index (χ1v) is 10.4. The molecule has 134 valence electrons. The van der Waals surface area contributed by atoms with Gasteiger partial charge in [0.05, 0.1) is 23.8 Å². The number of hydrogen-bond donors (Lipinski definition) is 2. The van der Waals surface area contributed by atoms with Crippen molar-refractivity contribution in [2.75, 3.05) is 18.9 Å². The first-order chi connectivity index (χ1) is 12.1. The molecule has 0 spiro atoms. The molecule has 2 rings (SSSR count). The quantitative estimate of drug-likeness (QED) is 0.517. The van der Waals surface area contributed by atoms with Gasteiger partial charge in [0.2, 0.25) is 10.0 Å². The molecule has 0 aliphatic rings. The predicted molar refractivity (Wildman–Crippen MR) is 102 cm³/mol. The molecule has 0 amide bonds. The summed E-state index contributed by atoms with van der Waals surface area (Å²) in [7, 11) is -3.31. The Morgan fingerprint density at radius 3 is 2.72 bits per heavy atom. The monoisotopic (exact) mass is 378 g/mol. The molecule has 0 unspecified atom stereocenters. The molecule has 2 aromatic rings. The van der Waals surface area contributed by atoms with Crippen LogP contribution >= 0.6 is 11.3 Å². The Morgan fingerprint density at radius 2 is 1.96 bits per heavy atom. The molecule has 0 bridgehead atoms. The maximum atomic E-state index is 12.0. The van der Waals surface area contributed by atoms with Crippen LogP contribution < -0.4 is 10.5 Å². The molecule has 1 aromatic carbocycles. The average Bonchev–Trinajstić information content (AvgIpc) is 3.07. The highest BCUT2D eigenvalue weighted by molar-refractivity contribution is 7.89. The van der Waals surface area contributed by atoms with E-state index < -0.39 is 10.0 Å². The van der Waals surface area contributed by atoms with E-state index in [9.17, 15) is 8.42 Å². The first kappa shape index (κ1) is 19.6. The molecule has 1 heterocycles. The maximum Gasteiger partial charge on any atom is 0.212 e. The van der Waals surface area contributed by atoms with Gasteiger partial charge >= 0.3 is 0 Å². The Bertz CT molecular complexity index is 806. The van der Waals surface area contributed by atoms with Crippen LogP contribution in [-0.2, 0) is 27.9 Å². The maximum absolute atomic E-state index is 12.0. The van der Waals surface area contributed by atoms with Gasteiger partial charge in [0.15, 0.2) is 0 Å². The van der Waals surface area contributed by atoms with E-state index in [1.165, 1.54) is 11.3 Å². The second-order valence-corrected chi connectivity index (χ2v) is 8.40. The molecule has 3 N–H and O–H groups in total. The van der Waals surface area contributed by atoms with E-state index in [1.807, 2.05) is 42.5 Å². The van der Waals surface area contributed by atoms with E-state index in [0.717, 1.165) is 15.3 Å². The lowest BCUT2D eigenvalue weighted by Gasteiger charge is -2.06. The largest absolute Gasteiger partial charge is 0.377 e. The smallest absolute Gasteiger partial charge is 0.212 e. The van der Waals surface area contributed by atoms with Crippen LogP contribution in [0.15, 0.2) is 42.5 Å². The summed E-state index contributed by atoms with van der Waals surface area (Å²) < 4.78 is 32.1. The van der Waals surface area contributed by atoms with Crippen molar-refractivity contribution in [1.29, 1.82) is 0 Å². The first-order valence-electron chi connectivity index (χ1n) is 7.96. The summed E-state index contributed by atoms with van der Waals surface area (Å²) in [6.07, 6.45) is 0.458. The van der Waals surface area contributed by atoms with Gasteiger partial charge in [-0.2, -0.15) is 0 Å². The Balaban J connectivity index is 1.66. The van der Waals surface area contributed by atoms with E-state index in [4.69, 9.17) is 10.5 Å². The zero-order valence-corrected chi connectivity index (χ0v) is 15.5. The molecule has 25 heavy (non-hydrogen) atoms. The fourth-order valence-corrected chi connectivity index (χ4v) is 3.98. The average molecular weight is 379 g/mol. The summed E-state index contributed by atoms with van der Waals surface area (Å²) in [5.74, 6) is 5.76. The van der Waals surface area contributed by atoms with Gasteiger partial charge in [0.25, 0.3) is 0 Å². The van der Waals surface area contributed by atoms with Crippen molar-refractivity contribution in [3.63, 3.8) is 0 Å². The zero-order chi connectivity index (χ0) is 18.0. The Morgan fingerprint density at radius 1 is 1.16 bits per heavy atom. The molecule has 0 aliphatic heterocycles. The van der Waals surface area contributed by atoms with Gasteiger partial charge in [-0.05, 0) is 24.1 Å². The lowest BCUT2D eigenvalue weighted by atomic mass is 10.2. The summed E-state index contributed by atoms with van der Waals surface area (Å²) in [4.78, 5) is 1.80. The van der Waals surface area contributed by atoms with E-state index in [1.54, 1.807) is 0 Å². The van der Waals surface area contributed by atoms with Crippen LogP contribution in [0.2, 0.25) is 0 Å². The minimum atomic E-state index is -3.31. The van der Waals surface area contributed by atoms with Crippen molar-refractivity contribution in [2.24, 2.45) is 5.73 Å². The topological polar surface area (TPSA) is 81.4 Å². The standard InChI is InChI=1S/C18H22N2O3S2/c19-11-4-8-17-9-10-18(24-17)14-20-25(21,22)13-5-12-23-15-16-6-2-1-3-7-16/h1-3,6-7,9-10,20H,5,11-15,19H2. The van der Waals surface area contributed by atoms with Crippen molar-refractivity contribution in [3.8, 4) is 11.8 Å². The van der Waals surface area contributed by atoms with E-state index in [2.05, 4.69) is 16.6 Å². The summed E-state index contributed by atoms with van der Waals surface area (Å²) in [6, 6.07) is 13.5. The molecule has 0 radical (unpaired) electrons. The van der Waals surface area contributed by atoms with Gasteiger partial charge in [-0.1, -0.05) is 42.2 Å². The molecule has 0 atom stereocenters. The minimum absolute atomic E-state index is 0.0486. The third-order valence-corrected chi connectivity index (χ3v) is 5.67. The van der Waals surface area contributed by atoms with Crippen LogP contribution in [0.25, 0.3) is 0 Å². The van der Waals surface area contributed by atoms with Crippen LogP contribution in [-0.4, -0.2) is 27.3 Å². The van der Waals surface area contributed by atoms with Crippen molar-refractivity contribution in [1.82, 2.24) is 4.72 Å². The van der Waals surface area contributed by atoms with Crippen LogP contribution in [0.5, 0.6) is 0 Å². The molecule has 0 aliphatic carbocycles. The molecule has 5 nitrogen and oxygen atoms in total. The second-order valence-electron chi connectivity index (χ2n) is 5.30. The number of benzene rings is 1. The normalized spacial score (nSPS) is 11.1. The highest BCUT2D eigenvalue weighted by Crippen LogP contribution is 2.15. The molecular formula is C18H22N2O3S2. The number of thiophene rings is 1. The Labute approximate surface area is 153 Å². The van der Waals surface area contributed by atoms with Crippen molar-refractivity contribution in [2.45, 2.75) is 19.6 Å². The van der Waals surface area contributed by atoms with Gasteiger partial charge in [0, 0.05) is 18.0 Å². The summed E-state index contributed by atoms with van der Waals surface area (Å²) >= 11 is 1.46. The molecule has 1 aromatic heterocycles. The summed E-state index contributed by atoms with van der Waals surface area (Å²) in [5, 5.41) is 0. The summed E-state index contributed by atoms with van der Waals surface area (Å²) in [6.45, 7) is 1.50. The summed E-state index contributed by atoms with van der Waals surface area (Å²) in [5.41, 5.74) is 6.41. The van der Waals surface area contributed by atoms with Gasteiger partial charge in [0.1, 0.15) is 0 Å². The molecule has 0 saturated carbocycles. The second kappa shape index (κ2) is 10.3. The van der Waals surface area contributed by atoms with Crippen molar-refractivity contribution >= 4 is 21.4 Å². The molecule has 0 saturated heterocycles. The number of sulfonamides is 1. The van der Waals surface area contributed by atoms with E-state index >= 15 is 0 Å². The minimum Gasteiger partial charge on any atom is -0.377 e. The lowest BCUT2D eigenvalue weighted by Crippen LogP contribution is -2.26. The number of ether oxygens (including phenoxy) is 1.